The average molecular weight is 262 g/mol. The van der Waals surface area contributed by atoms with E-state index in [1.807, 2.05) is 18.2 Å². The van der Waals surface area contributed by atoms with Gasteiger partial charge in [-0.3, -0.25) is 0 Å². The number of aliphatic hydroxyl groups excluding tert-OH is 1. The molecule has 1 heterocycles. The monoisotopic (exact) mass is 262 g/mol. The number of quaternary nitrogens is 1. The van der Waals surface area contributed by atoms with Crippen LogP contribution in [0.2, 0.25) is 0 Å². The lowest BCUT2D eigenvalue weighted by Crippen LogP contribution is -2.95. The van der Waals surface area contributed by atoms with Crippen molar-refractivity contribution in [1.29, 1.82) is 0 Å². The Morgan fingerprint density at radius 1 is 1.32 bits per heavy atom. The number of fused-ring (bicyclic) bond motifs is 1. The zero-order chi connectivity index (χ0) is 14.0. The van der Waals surface area contributed by atoms with Gasteiger partial charge in [0.2, 0.25) is 0 Å². The fourth-order valence-electron chi connectivity index (χ4n) is 2.17. The first kappa shape index (κ1) is 14.1. The fraction of sp³-hybridized carbons (Fsp3) is 0.500. The lowest BCUT2D eigenvalue weighted by atomic mass is 10.1. The molecule has 0 saturated carbocycles. The van der Waals surface area contributed by atoms with Gasteiger partial charge in [0, 0.05) is 5.39 Å². The van der Waals surface area contributed by atoms with Gasteiger partial charge in [-0.1, -0.05) is 25.1 Å². The van der Waals surface area contributed by atoms with Gasteiger partial charge in [-0.2, -0.15) is 0 Å². The van der Waals surface area contributed by atoms with Crippen LogP contribution >= 0.6 is 0 Å². The minimum Gasteiger partial charge on any atom is -0.458 e. The predicted octanol–water partition coefficient (Wildman–Crippen LogP) is 2.39. The second kappa shape index (κ2) is 5.35. The number of nitrogens with two attached hydrogens (primary N) is 1. The van der Waals surface area contributed by atoms with Crippen LogP contribution in [0.1, 0.15) is 45.1 Å². The highest BCUT2D eigenvalue weighted by molar-refractivity contribution is 5.81. The maximum absolute atomic E-state index is 10.2. The molecule has 104 valence electrons. The van der Waals surface area contributed by atoms with Gasteiger partial charge >= 0.3 is 0 Å². The van der Waals surface area contributed by atoms with E-state index >= 15 is 0 Å². The Hall–Kier alpha value is -1.32. The zero-order valence-corrected chi connectivity index (χ0v) is 12.2. The van der Waals surface area contributed by atoms with E-state index in [2.05, 4.69) is 39.1 Å². The Morgan fingerprint density at radius 3 is 2.68 bits per heavy atom. The zero-order valence-electron chi connectivity index (χ0n) is 12.2. The van der Waals surface area contributed by atoms with Crippen LogP contribution in [0.25, 0.3) is 11.0 Å². The van der Waals surface area contributed by atoms with E-state index in [0.717, 1.165) is 17.4 Å². The second-order valence-corrected chi connectivity index (χ2v) is 6.16. The molecule has 3 nitrogen and oxygen atoms in total. The van der Waals surface area contributed by atoms with Gasteiger partial charge in [-0.15, -0.1) is 0 Å². The SMILES string of the molecule is CCc1cccc2cc([C@@H](O)C[NH2+]C(C)(C)C)oc12. The van der Waals surface area contributed by atoms with Gasteiger partial charge < -0.3 is 14.8 Å². The number of aryl methyl sites for hydroxylation is 1. The Balaban J connectivity index is 2.21. The summed E-state index contributed by atoms with van der Waals surface area (Å²) >= 11 is 0. The van der Waals surface area contributed by atoms with E-state index in [1.54, 1.807) is 0 Å². The summed E-state index contributed by atoms with van der Waals surface area (Å²) in [5, 5.41) is 13.4. The van der Waals surface area contributed by atoms with Gasteiger partial charge in [0.05, 0.1) is 5.54 Å². The van der Waals surface area contributed by atoms with Crippen molar-refractivity contribution in [3.8, 4) is 0 Å². The highest BCUT2D eigenvalue weighted by Crippen LogP contribution is 2.26. The van der Waals surface area contributed by atoms with Gasteiger partial charge in [-0.05, 0) is 38.8 Å². The van der Waals surface area contributed by atoms with E-state index in [4.69, 9.17) is 4.42 Å². The van der Waals surface area contributed by atoms with Crippen LogP contribution < -0.4 is 5.32 Å². The summed E-state index contributed by atoms with van der Waals surface area (Å²) in [5.74, 6) is 0.663. The number of furan rings is 1. The van der Waals surface area contributed by atoms with E-state index in [0.29, 0.717) is 12.3 Å². The summed E-state index contributed by atoms with van der Waals surface area (Å²) in [4.78, 5) is 0. The van der Waals surface area contributed by atoms with Crippen LogP contribution in [0.5, 0.6) is 0 Å². The van der Waals surface area contributed by atoms with Crippen LogP contribution in [-0.4, -0.2) is 17.2 Å². The van der Waals surface area contributed by atoms with E-state index in [-0.39, 0.29) is 5.54 Å². The molecule has 2 aromatic rings. The molecule has 0 radical (unpaired) electrons. The molecule has 1 aromatic heterocycles. The van der Waals surface area contributed by atoms with E-state index in [9.17, 15) is 5.11 Å². The first-order valence-electron chi connectivity index (χ1n) is 6.94. The first-order chi connectivity index (χ1) is 8.90. The lowest BCUT2D eigenvalue weighted by Gasteiger charge is -2.18. The van der Waals surface area contributed by atoms with Gasteiger partial charge in [-0.25, -0.2) is 0 Å². The molecule has 0 aliphatic carbocycles. The van der Waals surface area contributed by atoms with Crippen molar-refractivity contribution < 1.29 is 14.8 Å². The van der Waals surface area contributed by atoms with Crippen molar-refractivity contribution in [1.82, 2.24) is 0 Å². The summed E-state index contributed by atoms with van der Waals surface area (Å²) < 4.78 is 5.85. The summed E-state index contributed by atoms with van der Waals surface area (Å²) in [6.07, 6.45) is 0.380. The molecule has 1 aromatic carbocycles. The molecule has 3 N–H and O–H groups in total. The van der Waals surface area contributed by atoms with Gasteiger partial charge in [0.25, 0.3) is 0 Å². The molecule has 0 amide bonds. The molecule has 0 bridgehead atoms. The molecule has 2 rings (SSSR count). The fourth-order valence-corrected chi connectivity index (χ4v) is 2.17. The Bertz CT molecular complexity index is 551. The van der Waals surface area contributed by atoms with Crippen molar-refractivity contribution in [2.45, 2.75) is 45.8 Å². The Morgan fingerprint density at radius 2 is 2.05 bits per heavy atom. The Labute approximate surface area is 114 Å². The molecule has 0 spiro atoms. The molecule has 0 aliphatic heterocycles. The summed E-state index contributed by atoms with van der Waals surface area (Å²) in [7, 11) is 0. The highest BCUT2D eigenvalue weighted by atomic mass is 16.4. The van der Waals surface area contributed by atoms with Gasteiger partial charge in [0.15, 0.2) is 6.10 Å². The number of benzene rings is 1. The van der Waals surface area contributed by atoms with E-state index < -0.39 is 6.10 Å². The molecular formula is C16H24NO2+. The lowest BCUT2D eigenvalue weighted by molar-refractivity contribution is -0.723. The van der Waals surface area contributed by atoms with E-state index in [1.165, 1.54) is 5.56 Å². The summed E-state index contributed by atoms with van der Waals surface area (Å²) in [6, 6.07) is 8.09. The summed E-state index contributed by atoms with van der Waals surface area (Å²) in [5.41, 5.74) is 2.22. The van der Waals surface area contributed by atoms with Crippen molar-refractivity contribution in [2.75, 3.05) is 6.54 Å². The third-order valence-corrected chi connectivity index (χ3v) is 3.31. The van der Waals surface area contributed by atoms with Crippen molar-refractivity contribution in [3.05, 3.63) is 35.6 Å². The standard InChI is InChI=1S/C16H23NO2/c1-5-11-7-6-8-12-9-14(19-15(11)12)13(18)10-17-16(2,3)4/h6-9,13,17-18H,5,10H2,1-4H3/p+1/t13-/m0/s1. The normalized spacial score (nSPS) is 13.9. The summed E-state index contributed by atoms with van der Waals surface area (Å²) in [6.45, 7) is 9.13. The topological polar surface area (TPSA) is 50.0 Å². The molecule has 0 fully saturated rings. The minimum atomic E-state index is -0.559. The molecule has 0 unspecified atom stereocenters. The van der Waals surface area contributed by atoms with Crippen LogP contribution in [-0.2, 0) is 6.42 Å². The first-order valence-corrected chi connectivity index (χ1v) is 6.94. The van der Waals surface area contributed by atoms with Crippen LogP contribution in [0.3, 0.4) is 0 Å². The van der Waals surface area contributed by atoms with Crippen LogP contribution in [0, 0.1) is 0 Å². The molecule has 0 aliphatic rings. The van der Waals surface area contributed by atoms with Crippen LogP contribution in [0.15, 0.2) is 28.7 Å². The predicted molar refractivity (Wildman–Crippen MR) is 77.1 cm³/mol. The van der Waals surface area contributed by atoms with Crippen LogP contribution in [0.4, 0.5) is 0 Å². The third-order valence-electron chi connectivity index (χ3n) is 3.31. The molecule has 19 heavy (non-hydrogen) atoms. The molecule has 1 atom stereocenters. The molecule has 0 saturated heterocycles. The average Bonchev–Trinajstić information content (AvgIpc) is 2.78. The van der Waals surface area contributed by atoms with Crippen molar-refractivity contribution in [2.24, 2.45) is 0 Å². The number of para-hydroxylation sites is 1. The number of hydrogen-bond acceptors (Lipinski definition) is 2. The minimum absolute atomic E-state index is 0.113. The number of aliphatic hydroxyl groups is 1. The largest absolute Gasteiger partial charge is 0.458 e. The van der Waals surface area contributed by atoms with Crippen molar-refractivity contribution in [3.63, 3.8) is 0 Å². The Kier molecular flexibility index (Phi) is 3.97. The molecule has 3 heteroatoms. The number of hydrogen-bond donors (Lipinski definition) is 2. The highest BCUT2D eigenvalue weighted by Gasteiger charge is 2.20. The quantitative estimate of drug-likeness (QED) is 0.889. The maximum Gasteiger partial charge on any atom is 0.160 e. The second-order valence-electron chi connectivity index (χ2n) is 6.16. The number of rotatable bonds is 4. The van der Waals surface area contributed by atoms with Crippen molar-refractivity contribution >= 4 is 11.0 Å². The smallest absolute Gasteiger partial charge is 0.160 e. The maximum atomic E-state index is 10.2. The third kappa shape index (κ3) is 3.37. The van der Waals surface area contributed by atoms with Gasteiger partial charge in [0.1, 0.15) is 17.9 Å². The molecular weight excluding hydrogens is 238 g/mol.